The van der Waals surface area contributed by atoms with Gasteiger partial charge in [-0.15, -0.1) is 0 Å². The summed E-state index contributed by atoms with van der Waals surface area (Å²) in [6.07, 6.45) is 7.15. The molecule has 0 unspecified atom stereocenters. The summed E-state index contributed by atoms with van der Waals surface area (Å²) in [5.41, 5.74) is 0.423. The standard InChI is InChI=1S/C15H19BrClNO2S/c16-13-11-12(3-4-14(13)17)21(19,20)18-9-7-15(8-10-18)5-1-2-6-15/h3-4,11H,1-2,5-10H2. The second-order valence-corrected chi connectivity index (χ2v) is 9.39. The summed E-state index contributed by atoms with van der Waals surface area (Å²) in [5, 5.41) is 0.525. The lowest BCUT2D eigenvalue weighted by molar-refractivity contribution is 0.160. The Morgan fingerprint density at radius 3 is 2.29 bits per heavy atom. The fraction of sp³-hybridized carbons (Fsp3) is 0.600. The average molecular weight is 393 g/mol. The minimum absolute atomic E-state index is 0.321. The highest BCUT2D eigenvalue weighted by Crippen LogP contribution is 2.46. The molecule has 116 valence electrons. The first-order valence-electron chi connectivity index (χ1n) is 7.38. The first-order chi connectivity index (χ1) is 9.93. The van der Waals surface area contributed by atoms with Crippen LogP contribution in [0.1, 0.15) is 38.5 Å². The zero-order valence-electron chi connectivity index (χ0n) is 11.8. The van der Waals surface area contributed by atoms with Gasteiger partial charge in [-0.1, -0.05) is 24.4 Å². The monoisotopic (exact) mass is 391 g/mol. The topological polar surface area (TPSA) is 37.4 Å². The Kier molecular flexibility index (Phi) is 4.39. The predicted octanol–water partition coefficient (Wildman–Crippen LogP) is 4.45. The first-order valence-corrected chi connectivity index (χ1v) is 9.99. The molecule has 0 N–H and O–H groups in total. The highest BCUT2D eigenvalue weighted by Gasteiger charge is 2.40. The van der Waals surface area contributed by atoms with Crippen molar-refractivity contribution < 1.29 is 8.42 Å². The van der Waals surface area contributed by atoms with Crippen molar-refractivity contribution in [1.29, 1.82) is 0 Å². The predicted molar refractivity (Wildman–Crippen MR) is 88.0 cm³/mol. The van der Waals surface area contributed by atoms with Gasteiger partial charge in [0, 0.05) is 17.6 Å². The molecule has 21 heavy (non-hydrogen) atoms. The van der Waals surface area contributed by atoms with Gasteiger partial charge < -0.3 is 0 Å². The second kappa shape index (κ2) is 5.84. The molecule has 1 saturated heterocycles. The van der Waals surface area contributed by atoms with Gasteiger partial charge in [-0.25, -0.2) is 8.42 Å². The molecule has 2 fully saturated rings. The van der Waals surface area contributed by atoms with Crippen molar-refractivity contribution in [2.75, 3.05) is 13.1 Å². The Labute approximate surface area is 139 Å². The molecule has 1 saturated carbocycles. The van der Waals surface area contributed by atoms with Crippen LogP contribution in [0.5, 0.6) is 0 Å². The van der Waals surface area contributed by atoms with Crippen molar-refractivity contribution in [3.05, 3.63) is 27.7 Å². The van der Waals surface area contributed by atoms with Crippen molar-refractivity contribution in [2.24, 2.45) is 5.41 Å². The van der Waals surface area contributed by atoms with Crippen LogP contribution in [-0.2, 0) is 10.0 Å². The fourth-order valence-corrected chi connectivity index (χ4v) is 5.73. The van der Waals surface area contributed by atoms with Crippen molar-refractivity contribution >= 4 is 37.6 Å². The van der Waals surface area contributed by atoms with Crippen molar-refractivity contribution in [1.82, 2.24) is 4.31 Å². The molecule has 1 heterocycles. The number of rotatable bonds is 2. The number of nitrogens with zero attached hydrogens (tertiary/aromatic N) is 1. The Morgan fingerprint density at radius 1 is 1.10 bits per heavy atom. The molecule has 1 aromatic rings. The lowest BCUT2D eigenvalue weighted by Gasteiger charge is -2.38. The maximum absolute atomic E-state index is 12.7. The lowest BCUT2D eigenvalue weighted by atomic mass is 9.78. The van der Waals surface area contributed by atoms with E-state index in [0.29, 0.717) is 32.9 Å². The molecule has 3 nitrogen and oxygen atoms in total. The van der Waals surface area contributed by atoms with Gasteiger partial charge in [-0.05, 0) is 65.2 Å². The molecule has 1 spiro atoms. The van der Waals surface area contributed by atoms with E-state index in [1.165, 1.54) is 25.7 Å². The summed E-state index contributed by atoms with van der Waals surface area (Å²) in [4.78, 5) is 0.321. The largest absolute Gasteiger partial charge is 0.243 e. The van der Waals surface area contributed by atoms with Gasteiger partial charge >= 0.3 is 0 Å². The van der Waals surface area contributed by atoms with Crippen LogP contribution in [0.3, 0.4) is 0 Å². The van der Waals surface area contributed by atoms with Gasteiger partial charge in [0.2, 0.25) is 10.0 Å². The van der Waals surface area contributed by atoms with E-state index < -0.39 is 10.0 Å². The molecule has 2 aliphatic rings. The van der Waals surface area contributed by atoms with Gasteiger partial charge in [-0.3, -0.25) is 0 Å². The van der Waals surface area contributed by atoms with E-state index >= 15 is 0 Å². The third kappa shape index (κ3) is 3.03. The van der Waals surface area contributed by atoms with Crippen LogP contribution in [0.15, 0.2) is 27.6 Å². The second-order valence-electron chi connectivity index (χ2n) is 6.19. The molecule has 6 heteroatoms. The van der Waals surface area contributed by atoms with E-state index in [0.717, 1.165) is 12.8 Å². The van der Waals surface area contributed by atoms with Crippen LogP contribution in [0.2, 0.25) is 5.02 Å². The quantitative estimate of drug-likeness (QED) is 0.746. The van der Waals surface area contributed by atoms with Gasteiger partial charge in [0.15, 0.2) is 0 Å². The third-order valence-electron chi connectivity index (χ3n) is 4.98. The van der Waals surface area contributed by atoms with Crippen molar-refractivity contribution in [3.63, 3.8) is 0 Å². The Morgan fingerprint density at radius 2 is 1.71 bits per heavy atom. The number of sulfonamides is 1. The number of benzene rings is 1. The minimum Gasteiger partial charge on any atom is -0.207 e. The highest BCUT2D eigenvalue weighted by molar-refractivity contribution is 9.10. The number of piperidine rings is 1. The molecular formula is C15H19BrClNO2S. The van der Waals surface area contributed by atoms with E-state index in [4.69, 9.17) is 11.6 Å². The van der Waals surface area contributed by atoms with Crippen LogP contribution >= 0.6 is 27.5 Å². The molecule has 0 bridgehead atoms. The number of halogens is 2. The number of hydrogen-bond acceptors (Lipinski definition) is 2. The van der Waals surface area contributed by atoms with Gasteiger partial charge in [0.05, 0.1) is 9.92 Å². The average Bonchev–Trinajstić information content (AvgIpc) is 2.90. The van der Waals surface area contributed by atoms with Gasteiger partial charge in [0.25, 0.3) is 0 Å². The Balaban J connectivity index is 1.78. The summed E-state index contributed by atoms with van der Waals surface area (Å²) in [6, 6.07) is 4.81. The zero-order chi connectivity index (χ0) is 15.1. The minimum atomic E-state index is -3.40. The highest BCUT2D eigenvalue weighted by atomic mass is 79.9. The summed E-state index contributed by atoms with van der Waals surface area (Å²) < 4.78 is 27.7. The molecule has 0 radical (unpaired) electrons. The SMILES string of the molecule is O=S(=O)(c1ccc(Cl)c(Br)c1)N1CCC2(CCCC2)CC1. The van der Waals surface area contributed by atoms with E-state index in [1.54, 1.807) is 22.5 Å². The Hall–Kier alpha value is -0.100. The normalized spacial score (nSPS) is 22.8. The Bertz CT molecular complexity index is 631. The fourth-order valence-electron chi connectivity index (χ4n) is 3.61. The zero-order valence-corrected chi connectivity index (χ0v) is 15.0. The molecule has 1 aliphatic heterocycles. The molecule has 1 aliphatic carbocycles. The van der Waals surface area contributed by atoms with Crippen LogP contribution < -0.4 is 0 Å². The van der Waals surface area contributed by atoms with Crippen molar-refractivity contribution in [3.8, 4) is 0 Å². The van der Waals surface area contributed by atoms with Crippen LogP contribution in [0.25, 0.3) is 0 Å². The molecule has 1 aromatic carbocycles. The summed E-state index contributed by atoms with van der Waals surface area (Å²) in [7, 11) is -3.40. The van der Waals surface area contributed by atoms with Gasteiger partial charge in [0.1, 0.15) is 0 Å². The maximum atomic E-state index is 12.7. The lowest BCUT2D eigenvalue weighted by Crippen LogP contribution is -2.42. The van der Waals surface area contributed by atoms with E-state index in [9.17, 15) is 8.42 Å². The summed E-state index contributed by atoms with van der Waals surface area (Å²) in [5.74, 6) is 0. The van der Waals surface area contributed by atoms with E-state index in [2.05, 4.69) is 15.9 Å². The first kappa shape index (κ1) is 15.8. The maximum Gasteiger partial charge on any atom is 0.243 e. The summed E-state index contributed by atoms with van der Waals surface area (Å²) in [6.45, 7) is 1.28. The molecule has 0 atom stereocenters. The molecule has 3 rings (SSSR count). The molecule has 0 amide bonds. The smallest absolute Gasteiger partial charge is 0.207 e. The van der Waals surface area contributed by atoms with E-state index in [-0.39, 0.29) is 0 Å². The van der Waals surface area contributed by atoms with Crippen molar-refractivity contribution in [2.45, 2.75) is 43.4 Å². The summed E-state index contributed by atoms with van der Waals surface area (Å²) >= 11 is 9.24. The van der Waals surface area contributed by atoms with E-state index in [1.807, 2.05) is 0 Å². The molecular weight excluding hydrogens is 374 g/mol. The van der Waals surface area contributed by atoms with Crippen LogP contribution in [0.4, 0.5) is 0 Å². The molecule has 0 aromatic heterocycles. The van der Waals surface area contributed by atoms with Crippen LogP contribution in [-0.4, -0.2) is 25.8 Å². The third-order valence-corrected chi connectivity index (χ3v) is 8.08. The van der Waals surface area contributed by atoms with Gasteiger partial charge in [-0.2, -0.15) is 4.31 Å². The van der Waals surface area contributed by atoms with Crippen LogP contribution in [0, 0.1) is 5.41 Å². The number of hydrogen-bond donors (Lipinski definition) is 0.